The number of amides is 1. The highest BCUT2D eigenvalue weighted by molar-refractivity contribution is 5.99. The van der Waals surface area contributed by atoms with E-state index >= 15 is 0 Å². The van der Waals surface area contributed by atoms with Gasteiger partial charge in [0.15, 0.2) is 0 Å². The Kier molecular flexibility index (Phi) is 7.02. The molecule has 138 valence electrons. The molecule has 0 aromatic heterocycles. The van der Waals surface area contributed by atoms with Crippen LogP contribution in [0.1, 0.15) is 35.7 Å². The van der Waals surface area contributed by atoms with Crippen LogP contribution in [0.2, 0.25) is 0 Å². The first-order chi connectivity index (χ1) is 12.5. The van der Waals surface area contributed by atoms with Crippen molar-refractivity contribution in [3.63, 3.8) is 0 Å². The van der Waals surface area contributed by atoms with E-state index in [4.69, 9.17) is 4.74 Å². The molecular weight excluding hydrogens is 332 g/mol. The third-order valence-corrected chi connectivity index (χ3v) is 3.97. The number of hydrogen-bond donors (Lipinski definition) is 2. The Balaban J connectivity index is 2.05. The number of carbonyl (C=O) groups is 2. The van der Waals surface area contributed by atoms with E-state index in [-0.39, 0.29) is 17.9 Å². The van der Waals surface area contributed by atoms with Gasteiger partial charge in [-0.3, -0.25) is 5.32 Å². The average molecular weight is 356 g/mol. The number of carboxylic acid groups (broad SMARTS) is 1. The van der Waals surface area contributed by atoms with Crippen molar-refractivity contribution in [1.29, 1.82) is 0 Å². The molecule has 0 fully saturated rings. The van der Waals surface area contributed by atoms with Crippen molar-refractivity contribution in [3.8, 4) is 0 Å². The number of nitrogens with one attached hydrogen (secondary N) is 1. The summed E-state index contributed by atoms with van der Waals surface area (Å²) in [6.07, 6.45) is 1.39. The van der Waals surface area contributed by atoms with Crippen LogP contribution in [-0.4, -0.2) is 30.8 Å². The lowest BCUT2D eigenvalue weighted by atomic mass is 10.1. The van der Waals surface area contributed by atoms with E-state index in [1.807, 2.05) is 42.3 Å². The third kappa shape index (κ3) is 5.51. The maximum Gasteiger partial charge on any atom is 0.411 e. The number of rotatable bonds is 8. The molecule has 2 aromatic carbocycles. The van der Waals surface area contributed by atoms with Gasteiger partial charge in [-0.15, -0.1) is 0 Å². The Morgan fingerprint density at radius 2 is 1.88 bits per heavy atom. The fraction of sp³-hybridized carbons (Fsp3) is 0.300. The van der Waals surface area contributed by atoms with Gasteiger partial charge in [0.25, 0.3) is 0 Å². The molecule has 0 heterocycles. The van der Waals surface area contributed by atoms with E-state index in [0.29, 0.717) is 0 Å². The zero-order chi connectivity index (χ0) is 18.9. The van der Waals surface area contributed by atoms with Gasteiger partial charge in [0.2, 0.25) is 0 Å². The summed E-state index contributed by atoms with van der Waals surface area (Å²) < 4.78 is 5.14. The van der Waals surface area contributed by atoms with E-state index in [9.17, 15) is 14.7 Å². The summed E-state index contributed by atoms with van der Waals surface area (Å²) in [7, 11) is 1.91. The van der Waals surface area contributed by atoms with Gasteiger partial charge in [0, 0.05) is 19.3 Å². The Hall–Kier alpha value is -3.02. The highest BCUT2D eigenvalue weighted by Crippen LogP contribution is 2.23. The highest BCUT2D eigenvalue weighted by atomic mass is 16.5. The molecule has 0 atom stereocenters. The Bertz CT molecular complexity index is 747. The summed E-state index contributed by atoms with van der Waals surface area (Å²) in [5.74, 6) is -1.10. The number of aromatic carboxylic acids is 1. The molecule has 1 amide bonds. The maximum atomic E-state index is 12.0. The zero-order valence-electron chi connectivity index (χ0n) is 15.1. The molecule has 0 radical (unpaired) electrons. The summed E-state index contributed by atoms with van der Waals surface area (Å²) >= 11 is 0. The molecule has 0 unspecified atom stereocenters. The van der Waals surface area contributed by atoms with E-state index in [1.54, 1.807) is 18.2 Å². The summed E-state index contributed by atoms with van der Waals surface area (Å²) in [6, 6.07) is 14.2. The first-order valence-corrected chi connectivity index (χ1v) is 8.57. The van der Waals surface area contributed by atoms with E-state index in [1.165, 1.54) is 0 Å². The Labute approximate surface area is 153 Å². The van der Waals surface area contributed by atoms with Crippen LogP contribution in [0.15, 0.2) is 48.5 Å². The molecule has 6 heteroatoms. The Morgan fingerprint density at radius 1 is 1.15 bits per heavy atom. The first-order valence-electron chi connectivity index (χ1n) is 8.57. The number of carbonyl (C=O) groups excluding carboxylic acids is 1. The average Bonchev–Trinajstić information content (AvgIpc) is 2.65. The molecule has 0 aliphatic heterocycles. The van der Waals surface area contributed by atoms with Crippen LogP contribution >= 0.6 is 0 Å². The molecule has 2 rings (SSSR count). The minimum atomic E-state index is -1.10. The van der Waals surface area contributed by atoms with Crippen LogP contribution in [0.25, 0.3) is 0 Å². The van der Waals surface area contributed by atoms with Crippen LogP contribution < -0.4 is 10.2 Å². The van der Waals surface area contributed by atoms with Crippen molar-refractivity contribution in [2.75, 3.05) is 23.8 Å². The minimum Gasteiger partial charge on any atom is -0.478 e. The van der Waals surface area contributed by atoms with Crippen LogP contribution in [-0.2, 0) is 11.3 Å². The largest absolute Gasteiger partial charge is 0.478 e. The fourth-order valence-corrected chi connectivity index (χ4v) is 2.45. The molecule has 0 saturated heterocycles. The van der Waals surface area contributed by atoms with Gasteiger partial charge in [0.1, 0.15) is 6.61 Å². The van der Waals surface area contributed by atoms with Gasteiger partial charge in [-0.05, 0) is 30.2 Å². The van der Waals surface area contributed by atoms with Crippen molar-refractivity contribution in [2.24, 2.45) is 0 Å². The number of ether oxygens (including phenoxy) is 1. The molecule has 6 nitrogen and oxygen atoms in total. The normalized spacial score (nSPS) is 10.2. The second-order valence-corrected chi connectivity index (χ2v) is 6.00. The van der Waals surface area contributed by atoms with Crippen molar-refractivity contribution >= 4 is 23.4 Å². The molecule has 0 aliphatic carbocycles. The summed E-state index contributed by atoms with van der Waals surface area (Å²) in [4.78, 5) is 25.5. The minimum absolute atomic E-state index is 0.0301. The molecule has 26 heavy (non-hydrogen) atoms. The monoisotopic (exact) mass is 356 g/mol. The van der Waals surface area contributed by atoms with Crippen molar-refractivity contribution < 1.29 is 19.4 Å². The van der Waals surface area contributed by atoms with Gasteiger partial charge in [-0.25, -0.2) is 9.59 Å². The summed E-state index contributed by atoms with van der Waals surface area (Å²) in [5.41, 5.74) is 1.89. The van der Waals surface area contributed by atoms with Crippen LogP contribution in [0, 0.1) is 0 Å². The number of nitrogens with zero attached hydrogens (tertiary/aromatic N) is 1. The molecular formula is C20H24N2O4. The molecule has 0 saturated carbocycles. The van der Waals surface area contributed by atoms with E-state index in [0.717, 1.165) is 30.6 Å². The first kappa shape index (κ1) is 19.3. The predicted octanol–water partition coefficient (Wildman–Crippen LogP) is 4.37. The van der Waals surface area contributed by atoms with Crippen LogP contribution in [0.4, 0.5) is 16.2 Å². The quantitative estimate of drug-likeness (QED) is 0.734. The topological polar surface area (TPSA) is 78.9 Å². The van der Waals surface area contributed by atoms with Crippen LogP contribution in [0.3, 0.4) is 0 Å². The number of benzene rings is 2. The number of unbranched alkanes of at least 4 members (excludes halogenated alkanes) is 1. The van der Waals surface area contributed by atoms with Gasteiger partial charge in [0.05, 0.1) is 11.3 Å². The van der Waals surface area contributed by atoms with Gasteiger partial charge < -0.3 is 14.7 Å². The van der Waals surface area contributed by atoms with Crippen molar-refractivity contribution in [2.45, 2.75) is 26.4 Å². The lowest BCUT2D eigenvalue weighted by molar-refractivity contribution is 0.0698. The number of carboxylic acids is 1. The smallest absolute Gasteiger partial charge is 0.411 e. The van der Waals surface area contributed by atoms with Crippen molar-refractivity contribution in [1.82, 2.24) is 0 Å². The highest BCUT2D eigenvalue weighted by Gasteiger charge is 2.15. The van der Waals surface area contributed by atoms with Gasteiger partial charge >= 0.3 is 12.1 Å². The maximum absolute atomic E-state index is 12.0. The second-order valence-electron chi connectivity index (χ2n) is 6.00. The number of anilines is 2. The lowest BCUT2D eigenvalue weighted by Gasteiger charge is -2.20. The second kappa shape index (κ2) is 9.46. The molecule has 2 aromatic rings. The standard InChI is InChI=1S/C20H24N2O4/c1-3-4-12-22(2)16-10-11-18(17(13-16)19(23)24)21-20(25)26-14-15-8-6-5-7-9-15/h5-11,13H,3-4,12,14H2,1-2H3,(H,21,25)(H,23,24). The van der Waals surface area contributed by atoms with Gasteiger partial charge in [-0.2, -0.15) is 0 Å². The fourth-order valence-electron chi connectivity index (χ4n) is 2.45. The molecule has 0 aliphatic rings. The van der Waals surface area contributed by atoms with E-state index < -0.39 is 12.1 Å². The predicted molar refractivity (Wildman–Crippen MR) is 102 cm³/mol. The molecule has 2 N–H and O–H groups in total. The van der Waals surface area contributed by atoms with Crippen LogP contribution in [0.5, 0.6) is 0 Å². The number of hydrogen-bond acceptors (Lipinski definition) is 4. The summed E-state index contributed by atoms with van der Waals surface area (Å²) in [5, 5.41) is 12.0. The van der Waals surface area contributed by atoms with E-state index in [2.05, 4.69) is 12.2 Å². The third-order valence-electron chi connectivity index (χ3n) is 3.97. The van der Waals surface area contributed by atoms with Crippen molar-refractivity contribution in [3.05, 3.63) is 59.7 Å². The summed E-state index contributed by atoms with van der Waals surface area (Å²) in [6.45, 7) is 3.05. The lowest BCUT2D eigenvalue weighted by Crippen LogP contribution is -2.20. The van der Waals surface area contributed by atoms with Gasteiger partial charge in [-0.1, -0.05) is 43.7 Å². The Morgan fingerprint density at radius 3 is 2.54 bits per heavy atom. The SMILES string of the molecule is CCCCN(C)c1ccc(NC(=O)OCc2ccccc2)c(C(=O)O)c1. The molecule has 0 bridgehead atoms. The zero-order valence-corrected chi connectivity index (χ0v) is 15.1. The molecule has 0 spiro atoms.